The summed E-state index contributed by atoms with van der Waals surface area (Å²) in [5.74, 6) is -1.32. The SMILES string of the molecule is CC1(C)C(=O)NC(=O)CN1Cc1ccc(C#N)cc1F. The number of hydrogen-bond donors (Lipinski definition) is 1. The molecule has 1 fully saturated rings. The molecule has 0 spiro atoms. The van der Waals surface area contributed by atoms with Gasteiger partial charge in [0, 0.05) is 12.1 Å². The molecule has 0 aromatic heterocycles. The minimum absolute atomic E-state index is 0.0260. The van der Waals surface area contributed by atoms with Gasteiger partial charge in [0.15, 0.2) is 0 Å². The fraction of sp³-hybridized carbons (Fsp3) is 0.357. The Morgan fingerprint density at radius 2 is 2.15 bits per heavy atom. The van der Waals surface area contributed by atoms with Gasteiger partial charge in [0.2, 0.25) is 11.8 Å². The van der Waals surface area contributed by atoms with Crippen LogP contribution in [0.1, 0.15) is 25.0 Å². The molecule has 1 heterocycles. The average Bonchev–Trinajstić information content (AvgIpc) is 2.38. The number of carbonyl (C=O) groups is 2. The molecule has 2 amide bonds. The molecule has 1 saturated heterocycles. The van der Waals surface area contributed by atoms with Crippen LogP contribution in [-0.4, -0.2) is 28.8 Å². The molecular formula is C14H14FN3O2. The summed E-state index contributed by atoms with van der Waals surface area (Å²) in [4.78, 5) is 24.8. The highest BCUT2D eigenvalue weighted by molar-refractivity contribution is 6.02. The fourth-order valence-electron chi connectivity index (χ4n) is 2.04. The molecule has 0 unspecified atom stereocenters. The monoisotopic (exact) mass is 275 g/mol. The van der Waals surface area contributed by atoms with Crippen LogP contribution in [0, 0.1) is 17.1 Å². The lowest BCUT2D eigenvalue weighted by Gasteiger charge is -2.40. The van der Waals surface area contributed by atoms with Crippen LogP contribution in [0.15, 0.2) is 18.2 Å². The van der Waals surface area contributed by atoms with Gasteiger partial charge in [-0.25, -0.2) is 4.39 Å². The van der Waals surface area contributed by atoms with Gasteiger partial charge >= 0.3 is 0 Å². The molecule has 20 heavy (non-hydrogen) atoms. The van der Waals surface area contributed by atoms with Crippen molar-refractivity contribution in [1.29, 1.82) is 5.26 Å². The van der Waals surface area contributed by atoms with Crippen LogP contribution in [0.2, 0.25) is 0 Å². The maximum Gasteiger partial charge on any atom is 0.246 e. The van der Waals surface area contributed by atoms with E-state index >= 15 is 0 Å². The van der Waals surface area contributed by atoms with Gasteiger partial charge in [-0.05, 0) is 26.0 Å². The molecule has 1 aliphatic heterocycles. The first-order chi connectivity index (χ1) is 9.34. The molecule has 0 radical (unpaired) electrons. The van der Waals surface area contributed by atoms with Crippen molar-refractivity contribution in [3.05, 3.63) is 35.1 Å². The molecule has 1 aromatic rings. The highest BCUT2D eigenvalue weighted by Gasteiger charge is 2.40. The minimum atomic E-state index is -0.895. The summed E-state index contributed by atoms with van der Waals surface area (Å²) in [6.45, 7) is 3.51. The van der Waals surface area contributed by atoms with Crippen molar-refractivity contribution in [2.75, 3.05) is 6.54 Å². The predicted molar refractivity (Wildman–Crippen MR) is 68.8 cm³/mol. The Morgan fingerprint density at radius 3 is 2.75 bits per heavy atom. The highest BCUT2D eigenvalue weighted by Crippen LogP contribution is 2.22. The van der Waals surface area contributed by atoms with Gasteiger partial charge in [-0.2, -0.15) is 5.26 Å². The van der Waals surface area contributed by atoms with Crippen molar-refractivity contribution in [2.45, 2.75) is 25.9 Å². The minimum Gasteiger partial charge on any atom is -0.294 e. The van der Waals surface area contributed by atoms with E-state index in [9.17, 15) is 14.0 Å². The predicted octanol–water partition coefficient (Wildman–Crippen LogP) is 0.934. The van der Waals surface area contributed by atoms with Gasteiger partial charge < -0.3 is 0 Å². The Labute approximate surface area is 116 Å². The standard InChI is InChI=1S/C14H14FN3O2/c1-14(2)13(20)17-12(19)8-18(14)7-10-4-3-9(6-16)5-11(10)15/h3-5H,7-8H2,1-2H3,(H,17,19,20). The lowest BCUT2D eigenvalue weighted by molar-refractivity contribution is -0.145. The fourth-order valence-corrected chi connectivity index (χ4v) is 2.04. The van der Waals surface area contributed by atoms with Crippen LogP contribution in [-0.2, 0) is 16.1 Å². The van der Waals surface area contributed by atoms with E-state index in [2.05, 4.69) is 5.32 Å². The number of hydrogen-bond acceptors (Lipinski definition) is 4. The van der Waals surface area contributed by atoms with Crippen molar-refractivity contribution in [1.82, 2.24) is 10.2 Å². The number of halogens is 1. The number of benzene rings is 1. The Hall–Kier alpha value is -2.26. The van der Waals surface area contributed by atoms with Gasteiger partial charge in [0.05, 0.1) is 23.7 Å². The van der Waals surface area contributed by atoms with Gasteiger partial charge in [-0.3, -0.25) is 19.8 Å². The van der Waals surface area contributed by atoms with Gasteiger partial charge in [-0.15, -0.1) is 0 Å². The summed E-state index contributed by atoms with van der Waals surface area (Å²) >= 11 is 0. The van der Waals surface area contributed by atoms with Crippen LogP contribution >= 0.6 is 0 Å². The van der Waals surface area contributed by atoms with Gasteiger partial charge in [0.25, 0.3) is 0 Å². The number of rotatable bonds is 2. The zero-order valence-corrected chi connectivity index (χ0v) is 11.2. The third-order valence-electron chi connectivity index (χ3n) is 3.48. The van der Waals surface area contributed by atoms with E-state index in [0.717, 1.165) is 6.07 Å². The van der Waals surface area contributed by atoms with E-state index in [0.29, 0.717) is 5.56 Å². The summed E-state index contributed by atoms with van der Waals surface area (Å²) in [5, 5.41) is 11.0. The molecule has 6 heteroatoms. The summed E-state index contributed by atoms with van der Waals surface area (Å²) in [6.07, 6.45) is 0. The van der Waals surface area contributed by atoms with Crippen molar-refractivity contribution in [3.63, 3.8) is 0 Å². The second-order valence-electron chi connectivity index (χ2n) is 5.21. The molecule has 0 bridgehead atoms. The number of nitrogens with one attached hydrogen (secondary N) is 1. The maximum atomic E-state index is 13.9. The van der Waals surface area contributed by atoms with Crippen LogP contribution in [0.3, 0.4) is 0 Å². The normalized spacial score (nSPS) is 18.5. The third kappa shape index (κ3) is 2.53. The first-order valence-electron chi connectivity index (χ1n) is 6.12. The quantitative estimate of drug-likeness (QED) is 0.815. The van der Waals surface area contributed by atoms with E-state index in [1.54, 1.807) is 18.7 Å². The molecule has 1 aromatic carbocycles. The Morgan fingerprint density at radius 1 is 1.45 bits per heavy atom. The lowest BCUT2D eigenvalue weighted by atomic mass is 9.97. The number of nitriles is 1. The lowest BCUT2D eigenvalue weighted by Crippen LogP contribution is -2.63. The van der Waals surface area contributed by atoms with Crippen LogP contribution in [0.4, 0.5) is 4.39 Å². The van der Waals surface area contributed by atoms with Gasteiger partial charge in [-0.1, -0.05) is 6.07 Å². The smallest absolute Gasteiger partial charge is 0.246 e. The van der Waals surface area contributed by atoms with Crippen LogP contribution in [0.25, 0.3) is 0 Å². The van der Waals surface area contributed by atoms with Crippen LogP contribution in [0.5, 0.6) is 0 Å². The zero-order valence-electron chi connectivity index (χ0n) is 11.2. The van der Waals surface area contributed by atoms with Gasteiger partial charge in [0.1, 0.15) is 5.82 Å². The maximum absolute atomic E-state index is 13.9. The van der Waals surface area contributed by atoms with Crippen molar-refractivity contribution in [2.24, 2.45) is 0 Å². The van der Waals surface area contributed by atoms with E-state index < -0.39 is 23.2 Å². The Kier molecular flexibility index (Phi) is 3.55. The van der Waals surface area contributed by atoms with Crippen LogP contribution < -0.4 is 5.32 Å². The second kappa shape index (κ2) is 5.02. The topological polar surface area (TPSA) is 73.2 Å². The molecule has 0 saturated carbocycles. The number of nitrogens with zero attached hydrogens (tertiary/aromatic N) is 2. The van der Waals surface area contributed by atoms with Crippen molar-refractivity contribution in [3.8, 4) is 6.07 Å². The molecule has 0 aliphatic carbocycles. The third-order valence-corrected chi connectivity index (χ3v) is 3.48. The number of imide groups is 1. The highest BCUT2D eigenvalue weighted by atomic mass is 19.1. The Balaban J connectivity index is 2.26. The van der Waals surface area contributed by atoms with Crippen molar-refractivity contribution >= 4 is 11.8 Å². The van der Waals surface area contributed by atoms with E-state index in [1.807, 2.05) is 6.07 Å². The summed E-state index contributed by atoms with van der Waals surface area (Å²) < 4.78 is 13.9. The number of carbonyl (C=O) groups excluding carboxylic acids is 2. The summed E-state index contributed by atoms with van der Waals surface area (Å²) in [6, 6.07) is 6.02. The average molecular weight is 275 g/mol. The molecule has 1 N–H and O–H groups in total. The molecule has 0 atom stereocenters. The number of piperazine rings is 1. The first kappa shape index (κ1) is 14.2. The molecule has 1 aliphatic rings. The van der Waals surface area contributed by atoms with E-state index in [4.69, 9.17) is 5.26 Å². The van der Waals surface area contributed by atoms with E-state index in [1.165, 1.54) is 12.1 Å². The largest absolute Gasteiger partial charge is 0.294 e. The van der Waals surface area contributed by atoms with E-state index in [-0.39, 0.29) is 18.7 Å². The summed E-state index contributed by atoms with van der Waals surface area (Å²) in [7, 11) is 0. The molecule has 104 valence electrons. The first-order valence-corrected chi connectivity index (χ1v) is 6.12. The molecule has 5 nitrogen and oxygen atoms in total. The molecular weight excluding hydrogens is 261 g/mol. The Bertz CT molecular complexity index is 619. The second-order valence-corrected chi connectivity index (χ2v) is 5.21. The number of amides is 2. The zero-order chi connectivity index (χ0) is 14.9. The molecule has 2 rings (SSSR count). The van der Waals surface area contributed by atoms with Crippen molar-refractivity contribution < 1.29 is 14.0 Å². The summed E-state index contributed by atoms with van der Waals surface area (Å²) in [5.41, 5.74) is -0.314.